The Morgan fingerprint density at radius 2 is 2.18 bits per heavy atom. The minimum atomic E-state index is -0.889. The van der Waals surface area contributed by atoms with Gasteiger partial charge in [-0.15, -0.1) is 0 Å². The van der Waals surface area contributed by atoms with Gasteiger partial charge in [0.2, 0.25) is 0 Å². The predicted molar refractivity (Wildman–Crippen MR) is 78.6 cm³/mol. The van der Waals surface area contributed by atoms with Crippen molar-refractivity contribution in [3.05, 3.63) is 58.6 Å². The van der Waals surface area contributed by atoms with Crippen molar-refractivity contribution >= 4 is 27.7 Å². The van der Waals surface area contributed by atoms with Crippen molar-refractivity contribution in [2.24, 2.45) is 0 Å². The van der Waals surface area contributed by atoms with E-state index in [0.717, 1.165) is 4.47 Å². The maximum atomic E-state index is 12.5. The van der Waals surface area contributed by atoms with E-state index in [-0.39, 0.29) is 12.2 Å². The molecule has 2 amide bonds. The molecule has 1 aliphatic rings. The van der Waals surface area contributed by atoms with Crippen molar-refractivity contribution in [1.82, 2.24) is 19.9 Å². The third-order valence-corrected chi connectivity index (χ3v) is 3.77. The maximum Gasteiger partial charge on any atom is 0.276 e. The molecular formula is C14H11BrN4O3. The van der Waals surface area contributed by atoms with Crippen LogP contribution in [0.1, 0.15) is 22.2 Å². The number of rotatable bonds is 2. The highest BCUT2D eigenvalue weighted by Gasteiger charge is 2.41. The molecule has 1 fully saturated rings. The largest absolute Gasteiger partial charge is 0.301 e. The number of carbonyl (C=O) groups is 2. The molecule has 112 valence electrons. The molecule has 2 aromatic rings. The van der Waals surface area contributed by atoms with Gasteiger partial charge < -0.3 is 4.90 Å². The summed E-state index contributed by atoms with van der Waals surface area (Å²) >= 11 is 3.34. The lowest BCUT2D eigenvalue weighted by Crippen LogP contribution is -2.34. The molecule has 1 aliphatic heterocycles. The second-order valence-corrected chi connectivity index (χ2v) is 5.61. The Morgan fingerprint density at radius 3 is 2.86 bits per heavy atom. The van der Waals surface area contributed by atoms with Crippen molar-refractivity contribution in [2.75, 3.05) is 6.54 Å². The summed E-state index contributed by atoms with van der Waals surface area (Å²) in [5.41, 5.74) is 0.727. The van der Waals surface area contributed by atoms with Crippen molar-refractivity contribution < 1.29 is 14.8 Å². The van der Waals surface area contributed by atoms with Crippen LogP contribution in [0.5, 0.6) is 0 Å². The minimum absolute atomic E-state index is 0.116. The second kappa shape index (κ2) is 5.82. The van der Waals surface area contributed by atoms with Crippen LogP contribution in [0.3, 0.4) is 0 Å². The van der Waals surface area contributed by atoms with E-state index < -0.39 is 18.0 Å². The highest BCUT2D eigenvalue weighted by atomic mass is 79.9. The van der Waals surface area contributed by atoms with Crippen molar-refractivity contribution in [3.63, 3.8) is 0 Å². The zero-order valence-electron chi connectivity index (χ0n) is 11.3. The quantitative estimate of drug-likeness (QED) is 0.820. The molecule has 0 spiro atoms. The smallest absolute Gasteiger partial charge is 0.276 e. The van der Waals surface area contributed by atoms with Gasteiger partial charge in [-0.2, -0.15) is 5.06 Å². The first-order chi connectivity index (χ1) is 10.6. The summed E-state index contributed by atoms with van der Waals surface area (Å²) in [4.78, 5) is 33.4. The average molecular weight is 363 g/mol. The van der Waals surface area contributed by atoms with Gasteiger partial charge in [0.25, 0.3) is 11.8 Å². The Bertz CT molecular complexity index is 725. The number of hydrogen-bond donors (Lipinski definition) is 1. The SMILES string of the molecule is O=C1CN(C(=O)c2cnccn2)C(c2cccc(Br)c2)N1O. The Balaban J connectivity index is 1.99. The topological polar surface area (TPSA) is 86.6 Å². The lowest BCUT2D eigenvalue weighted by Gasteiger charge is -2.26. The summed E-state index contributed by atoms with van der Waals surface area (Å²) in [5.74, 6) is -1.02. The highest BCUT2D eigenvalue weighted by Crippen LogP contribution is 2.31. The second-order valence-electron chi connectivity index (χ2n) is 4.69. The van der Waals surface area contributed by atoms with E-state index in [2.05, 4.69) is 25.9 Å². The van der Waals surface area contributed by atoms with E-state index in [1.54, 1.807) is 18.2 Å². The van der Waals surface area contributed by atoms with Crippen molar-refractivity contribution in [2.45, 2.75) is 6.17 Å². The standard InChI is InChI=1S/C14H11BrN4O3/c15-10-3-1-2-9(6-10)13-18(8-12(20)19(13)22)14(21)11-7-16-4-5-17-11/h1-7,13,22H,8H2. The zero-order chi connectivity index (χ0) is 15.7. The first-order valence-electron chi connectivity index (χ1n) is 6.41. The summed E-state index contributed by atoms with van der Waals surface area (Å²) in [6.45, 7) is -0.219. The summed E-state index contributed by atoms with van der Waals surface area (Å²) in [6.07, 6.45) is 3.29. The van der Waals surface area contributed by atoms with E-state index in [4.69, 9.17) is 0 Å². The van der Waals surface area contributed by atoms with Crippen LogP contribution >= 0.6 is 15.9 Å². The van der Waals surface area contributed by atoms with Crippen LogP contribution in [0.15, 0.2) is 47.3 Å². The van der Waals surface area contributed by atoms with Gasteiger partial charge in [-0.05, 0) is 17.7 Å². The van der Waals surface area contributed by atoms with Crippen LogP contribution in [0.25, 0.3) is 0 Å². The normalized spacial score (nSPS) is 17.9. The average Bonchev–Trinajstić information content (AvgIpc) is 2.83. The summed E-state index contributed by atoms with van der Waals surface area (Å²) in [6, 6.07) is 7.05. The molecule has 1 N–H and O–H groups in total. The number of benzene rings is 1. The van der Waals surface area contributed by atoms with Gasteiger partial charge in [-0.3, -0.25) is 19.8 Å². The fraction of sp³-hybridized carbons (Fsp3) is 0.143. The van der Waals surface area contributed by atoms with Crippen molar-refractivity contribution in [1.29, 1.82) is 0 Å². The summed E-state index contributed by atoms with van der Waals surface area (Å²) in [7, 11) is 0. The number of halogens is 1. The third kappa shape index (κ3) is 2.58. The van der Waals surface area contributed by atoms with Crippen LogP contribution in [-0.2, 0) is 4.79 Å². The Kier molecular flexibility index (Phi) is 3.86. The molecule has 1 atom stereocenters. The van der Waals surface area contributed by atoms with E-state index in [9.17, 15) is 14.8 Å². The Morgan fingerprint density at radius 1 is 1.36 bits per heavy atom. The fourth-order valence-electron chi connectivity index (χ4n) is 2.30. The van der Waals surface area contributed by atoms with Crippen LogP contribution in [0, 0.1) is 0 Å². The lowest BCUT2D eigenvalue weighted by molar-refractivity contribution is -0.168. The van der Waals surface area contributed by atoms with E-state index in [1.165, 1.54) is 23.5 Å². The van der Waals surface area contributed by atoms with Gasteiger partial charge in [0.1, 0.15) is 12.2 Å². The molecule has 0 aliphatic carbocycles. The van der Waals surface area contributed by atoms with Gasteiger partial charge >= 0.3 is 0 Å². The number of amides is 2. The van der Waals surface area contributed by atoms with Crippen molar-refractivity contribution in [3.8, 4) is 0 Å². The van der Waals surface area contributed by atoms with Crippen LogP contribution in [0.4, 0.5) is 0 Å². The highest BCUT2D eigenvalue weighted by molar-refractivity contribution is 9.10. The van der Waals surface area contributed by atoms with Gasteiger partial charge in [0, 0.05) is 16.9 Å². The lowest BCUT2D eigenvalue weighted by atomic mass is 10.1. The number of hydrogen-bond acceptors (Lipinski definition) is 5. The molecule has 0 saturated carbocycles. The molecule has 7 nitrogen and oxygen atoms in total. The summed E-state index contributed by atoms with van der Waals surface area (Å²) in [5, 5.41) is 10.6. The monoisotopic (exact) mass is 362 g/mol. The predicted octanol–water partition coefficient (Wildman–Crippen LogP) is 1.61. The van der Waals surface area contributed by atoms with Gasteiger partial charge in [0.05, 0.1) is 6.20 Å². The number of aromatic nitrogens is 2. The summed E-state index contributed by atoms with van der Waals surface area (Å²) < 4.78 is 0.782. The molecule has 1 aromatic carbocycles. The molecule has 0 bridgehead atoms. The molecule has 2 heterocycles. The first kappa shape index (κ1) is 14.6. The van der Waals surface area contributed by atoms with E-state index in [0.29, 0.717) is 10.6 Å². The zero-order valence-corrected chi connectivity index (χ0v) is 12.8. The van der Waals surface area contributed by atoms with Crippen LogP contribution < -0.4 is 0 Å². The molecule has 1 saturated heterocycles. The Labute approximate surface area is 134 Å². The molecule has 1 unspecified atom stereocenters. The Hall–Kier alpha value is -2.32. The van der Waals surface area contributed by atoms with Gasteiger partial charge in [-0.25, -0.2) is 4.98 Å². The van der Waals surface area contributed by atoms with Gasteiger partial charge in [0.15, 0.2) is 6.17 Å². The molecule has 22 heavy (non-hydrogen) atoms. The third-order valence-electron chi connectivity index (χ3n) is 3.28. The van der Waals surface area contributed by atoms with Gasteiger partial charge in [-0.1, -0.05) is 28.1 Å². The minimum Gasteiger partial charge on any atom is -0.301 e. The van der Waals surface area contributed by atoms with E-state index in [1.807, 2.05) is 6.07 Å². The maximum absolute atomic E-state index is 12.5. The number of hydroxylamine groups is 2. The van der Waals surface area contributed by atoms with Crippen LogP contribution in [0.2, 0.25) is 0 Å². The molecule has 1 aromatic heterocycles. The fourth-order valence-corrected chi connectivity index (χ4v) is 2.72. The number of nitrogens with zero attached hydrogens (tertiary/aromatic N) is 4. The van der Waals surface area contributed by atoms with Crippen LogP contribution in [-0.4, -0.2) is 43.5 Å². The number of carbonyl (C=O) groups excluding carboxylic acids is 2. The molecule has 3 rings (SSSR count). The molecular weight excluding hydrogens is 352 g/mol. The first-order valence-corrected chi connectivity index (χ1v) is 7.20. The molecule has 0 radical (unpaired) electrons. The van der Waals surface area contributed by atoms with E-state index >= 15 is 0 Å². The molecule has 8 heteroatoms.